The van der Waals surface area contributed by atoms with Crippen molar-refractivity contribution in [3.63, 3.8) is 0 Å². The lowest BCUT2D eigenvalue weighted by atomic mass is 9.95. The summed E-state index contributed by atoms with van der Waals surface area (Å²) in [6, 6.07) is 20.1. The minimum atomic E-state index is 0.0508. The van der Waals surface area contributed by atoms with Crippen molar-refractivity contribution in [2.45, 2.75) is 12.3 Å². The molecule has 1 aliphatic rings. The molecule has 2 aromatic heterocycles. The van der Waals surface area contributed by atoms with Gasteiger partial charge in [-0.05, 0) is 60.5 Å². The van der Waals surface area contributed by atoms with Gasteiger partial charge in [0.15, 0.2) is 0 Å². The molecule has 0 spiro atoms. The molecular weight excluding hydrogens is 402 g/mol. The molecule has 7 nitrogen and oxygen atoms in total. The number of hydrogen-bond donors (Lipinski definition) is 2. The van der Waals surface area contributed by atoms with E-state index in [4.69, 9.17) is 19.4 Å². The molecular formula is C25H21N5O2. The second kappa shape index (κ2) is 7.53. The van der Waals surface area contributed by atoms with E-state index in [0.29, 0.717) is 6.61 Å². The number of nitrogens with one attached hydrogen (secondary N) is 2. The molecule has 7 heteroatoms. The first-order valence-corrected chi connectivity index (χ1v) is 10.5. The van der Waals surface area contributed by atoms with E-state index in [2.05, 4.69) is 15.5 Å². The number of nitrogens with zero attached hydrogens (tertiary/aromatic N) is 3. The molecule has 3 heterocycles. The lowest BCUT2D eigenvalue weighted by Crippen LogP contribution is -2.21. The van der Waals surface area contributed by atoms with Crippen LogP contribution in [0.2, 0.25) is 0 Å². The molecule has 2 N–H and O–H groups in total. The minimum Gasteiger partial charge on any atom is -0.497 e. The lowest BCUT2D eigenvalue weighted by molar-refractivity contribution is 0.257. The minimum absolute atomic E-state index is 0.0508. The average Bonchev–Trinajstić information content (AvgIpc) is 3.31. The third-order valence-corrected chi connectivity index (χ3v) is 5.86. The summed E-state index contributed by atoms with van der Waals surface area (Å²) in [5, 5.41) is 12.6. The number of rotatable bonds is 4. The van der Waals surface area contributed by atoms with Crippen LogP contribution in [0.4, 0.5) is 11.5 Å². The molecule has 32 heavy (non-hydrogen) atoms. The number of H-pyrrole nitrogens is 1. The number of anilines is 2. The highest BCUT2D eigenvalue weighted by molar-refractivity contribution is 5.92. The highest BCUT2D eigenvalue weighted by Crippen LogP contribution is 2.35. The number of fused-ring (bicyclic) bond motifs is 3. The predicted molar refractivity (Wildman–Crippen MR) is 124 cm³/mol. The Morgan fingerprint density at radius 1 is 1.06 bits per heavy atom. The van der Waals surface area contributed by atoms with Gasteiger partial charge in [-0.25, -0.2) is 9.97 Å². The van der Waals surface area contributed by atoms with Gasteiger partial charge in [-0.1, -0.05) is 12.1 Å². The monoisotopic (exact) mass is 423 g/mol. The summed E-state index contributed by atoms with van der Waals surface area (Å²) in [6.45, 7) is 0.539. The van der Waals surface area contributed by atoms with Crippen molar-refractivity contribution >= 4 is 33.3 Å². The Labute approximate surface area is 184 Å². The quantitative estimate of drug-likeness (QED) is 0.424. The van der Waals surface area contributed by atoms with E-state index in [1.54, 1.807) is 7.11 Å². The molecule has 1 unspecified atom stereocenters. The third kappa shape index (κ3) is 3.28. The molecule has 1 atom stereocenters. The molecule has 0 bridgehead atoms. The van der Waals surface area contributed by atoms with Gasteiger partial charge in [0, 0.05) is 16.5 Å². The lowest BCUT2D eigenvalue weighted by Gasteiger charge is -2.25. The largest absolute Gasteiger partial charge is 0.497 e. The van der Waals surface area contributed by atoms with Crippen LogP contribution in [0.25, 0.3) is 21.8 Å². The third-order valence-electron chi connectivity index (χ3n) is 5.86. The summed E-state index contributed by atoms with van der Waals surface area (Å²) in [5.74, 6) is 3.32. The van der Waals surface area contributed by atoms with E-state index in [1.165, 1.54) is 0 Å². The number of para-hydroxylation sites is 1. The molecule has 0 saturated heterocycles. The Morgan fingerprint density at radius 2 is 2.00 bits per heavy atom. The fraction of sp³-hybridized carbons (Fsp3) is 0.160. The van der Waals surface area contributed by atoms with E-state index < -0.39 is 0 Å². The normalized spacial score (nSPS) is 15.3. The van der Waals surface area contributed by atoms with Crippen LogP contribution in [0, 0.1) is 0 Å². The average molecular weight is 423 g/mol. The van der Waals surface area contributed by atoms with E-state index in [-0.39, 0.29) is 5.92 Å². The van der Waals surface area contributed by atoms with Crippen LogP contribution < -0.4 is 14.8 Å². The van der Waals surface area contributed by atoms with Crippen molar-refractivity contribution in [1.29, 1.82) is 0 Å². The van der Waals surface area contributed by atoms with Crippen molar-refractivity contribution in [3.05, 3.63) is 78.2 Å². The van der Waals surface area contributed by atoms with Crippen molar-refractivity contribution in [2.24, 2.45) is 0 Å². The van der Waals surface area contributed by atoms with Crippen molar-refractivity contribution in [2.75, 3.05) is 19.0 Å². The number of hydrogen-bond acceptors (Lipinski definition) is 6. The molecule has 0 radical (unpaired) electrons. The Morgan fingerprint density at radius 3 is 2.94 bits per heavy atom. The zero-order valence-electron chi connectivity index (χ0n) is 17.5. The zero-order chi connectivity index (χ0) is 21.5. The maximum Gasteiger partial charge on any atom is 0.142 e. The van der Waals surface area contributed by atoms with E-state index in [9.17, 15) is 0 Å². The van der Waals surface area contributed by atoms with E-state index in [0.717, 1.165) is 62.6 Å². The predicted octanol–water partition coefficient (Wildman–Crippen LogP) is 4.98. The Kier molecular flexibility index (Phi) is 4.38. The van der Waals surface area contributed by atoms with Gasteiger partial charge in [0.1, 0.15) is 23.1 Å². The standard InChI is InChI=1S/C25H21N5O2/c1-31-19-8-9-23-16(11-19)10-17(14-32-23)24-28-21-5-3-2-4-20(21)25(29-24)27-18-7-6-15-13-26-30-22(15)12-18/h2-9,11-13,17H,10,14H2,1H3,(H,26,30)(H,27,28,29). The second-order valence-electron chi connectivity index (χ2n) is 7.93. The van der Waals surface area contributed by atoms with Gasteiger partial charge in [-0.2, -0.15) is 5.10 Å². The fourth-order valence-corrected chi connectivity index (χ4v) is 4.19. The molecule has 3 aromatic carbocycles. The second-order valence-corrected chi connectivity index (χ2v) is 7.93. The molecule has 0 fully saturated rings. The van der Waals surface area contributed by atoms with Crippen LogP contribution in [0.1, 0.15) is 17.3 Å². The van der Waals surface area contributed by atoms with Crippen LogP contribution in [0.15, 0.2) is 66.9 Å². The van der Waals surface area contributed by atoms with E-state index >= 15 is 0 Å². The first-order valence-electron chi connectivity index (χ1n) is 10.5. The van der Waals surface area contributed by atoms with Gasteiger partial charge >= 0.3 is 0 Å². The van der Waals surface area contributed by atoms with Crippen LogP contribution >= 0.6 is 0 Å². The fourth-order valence-electron chi connectivity index (χ4n) is 4.19. The van der Waals surface area contributed by atoms with Gasteiger partial charge in [0.25, 0.3) is 0 Å². The van der Waals surface area contributed by atoms with Gasteiger partial charge < -0.3 is 14.8 Å². The molecule has 0 amide bonds. The summed E-state index contributed by atoms with van der Waals surface area (Å²) in [4.78, 5) is 9.82. The molecule has 5 aromatic rings. The maximum absolute atomic E-state index is 6.03. The van der Waals surface area contributed by atoms with Crippen LogP contribution in [0.3, 0.4) is 0 Å². The Balaban J connectivity index is 1.39. The SMILES string of the molecule is COc1ccc2c(c1)CC(c1nc(Nc3ccc4cn[nH]c4c3)c3ccccc3n1)CO2. The summed E-state index contributed by atoms with van der Waals surface area (Å²) >= 11 is 0. The number of aromatic nitrogens is 4. The maximum atomic E-state index is 6.03. The highest BCUT2D eigenvalue weighted by atomic mass is 16.5. The number of aromatic amines is 1. The summed E-state index contributed by atoms with van der Waals surface area (Å²) in [6.07, 6.45) is 2.61. The van der Waals surface area contributed by atoms with Crippen molar-refractivity contribution in [1.82, 2.24) is 20.2 Å². The van der Waals surface area contributed by atoms with Crippen LogP contribution in [-0.4, -0.2) is 33.9 Å². The number of benzene rings is 3. The van der Waals surface area contributed by atoms with Gasteiger partial charge in [-0.3, -0.25) is 5.10 Å². The molecule has 0 saturated carbocycles. The van der Waals surface area contributed by atoms with Crippen LogP contribution in [0.5, 0.6) is 11.5 Å². The molecule has 0 aliphatic carbocycles. The zero-order valence-corrected chi connectivity index (χ0v) is 17.5. The summed E-state index contributed by atoms with van der Waals surface area (Å²) in [5.41, 5.74) is 3.92. The Hall–Kier alpha value is -4.13. The summed E-state index contributed by atoms with van der Waals surface area (Å²) in [7, 11) is 1.67. The molecule has 1 aliphatic heterocycles. The number of ether oxygens (including phenoxy) is 2. The molecule has 6 rings (SSSR count). The molecule has 158 valence electrons. The Bertz CT molecular complexity index is 1450. The first kappa shape index (κ1) is 18.6. The van der Waals surface area contributed by atoms with Gasteiger partial charge in [0.2, 0.25) is 0 Å². The summed E-state index contributed by atoms with van der Waals surface area (Å²) < 4.78 is 11.4. The van der Waals surface area contributed by atoms with Gasteiger partial charge in [-0.15, -0.1) is 0 Å². The highest BCUT2D eigenvalue weighted by Gasteiger charge is 2.25. The van der Waals surface area contributed by atoms with Crippen molar-refractivity contribution in [3.8, 4) is 11.5 Å². The van der Waals surface area contributed by atoms with Crippen LogP contribution in [-0.2, 0) is 6.42 Å². The number of methoxy groups -OCH3 is 1. The topological polar surface area (TPSA) is 85.0 Å². The smallest absolute Gasteiger partial charge is 0.142 e. The van der Waals surface area contributed by atoms with Crippen molar-refractivity contribution < 1.29 is 9.47 Å². The van der Waals surface area contributed by atoms with E-state index in [1.807, 2.05) is 66.9 Å². The first-order chi connectivity index (χ1) is 15.8. The van der Waals surface area contributed by atoms with Gasteiger partial charge in [0.05, 0.1) is 36.9 Å².